The summed E-state index contributed by atoms with van der Waals surface area (Å²) < 4.78 is 5.06. The van der Waals surface area contributed by atoms with Gasteiger partial charge in [-0.2, -0.15) is 0 Å². The highest BCUT2D eigenvalue weighted by atomic mass is 16.5. The smallest absolute Gasteiger partial charge is 0.193 e. The number of nitrogens with zero attached hydrogens (tertiary/aromatic N) is 2. The number of hydrogen-bond acceptors (Lipinski definition) is 4. The SMILES string of the molecule is COc1ccc(-c2ccnc(C=O)n2)cc1. The van der Waals surface area contributed by atoms with Crippen molar-refractivity contribution in [2.75, 3.05) is 7.11 Å². The van der Waals surface area contributed by atoms with Crippen molar-refractivity contribution in [2.45, 2.75) is 0 Å². The molecular formula is C12H10N2O2. The Morgan fingerprint density at radius 2 is 1.94 bits per heavy atom. The van der Waals surface area contributed by atoms with Crippen LogP contribution >= 0.6 is 0 Å². The number of hydrogen-bond donors (Lipinski definition) is 0. The zero-order valence-corrected chi connectivity index (χ0v) is 8.75. The standard InChI is InChI=1S/C12H10N2O2/c1-16-10-4-2-9(3-5-10)11-6-7-13-12(8-15)14-11/h2-8H,1H3. The summed E-state index contributed by atoms with van der Waals surface area (Å²) in [7, 11) is 1.62. The van der Waals surface area contributed by atoms with Gasteiger partial charge in [-0.25, -0.2) is 9.97 Å². The van der Waals surface area contributed by atoms with Gasteiger partial charge in [-0.15, -0.1) is 0 Å². The van der Waals surface area contributed by atoms with Gasteiger partial charge in [-0.05, 0) is 30.3 Å². The van der Waals surface area contributed by atoms with Crippen LogP contribution < -0.4 is 4.74 Å². The Morgan fingerprint density at radius 1 is 1.19 bits per heavy atom. The Balaban J connectivity index is 2.38. The third kappa shape index (κ3) is 2.06. The third-order valence-electron chi connectivity index (χ3n) is 2.17. The molecule has 0 bridgehead atoms. The third-order valence-corrected chi connectivity index (χ3v) is 2.17. The lowest BCUT2D eigenvalue weighted by atomic mass is 10.1. The molecule has 2 aromatic rings. The Bertz CT molecular complexity index is 495. The zero-order chi connectivity index (χ0) is 11.4. The van der Waals surface area contributed by atoms with Crippen molar-refractivity contribution in [1.29, 1.82) is 0 Å². The Labute approximate surface area is 92.9 Å². The van der Waals surface area contributed by atoms with Crippen molar-refractivity contribution in [3.05, 3.63) is 42.4 Å². The van der Waals surface area contributed by atoms with Gasteiger partial charge in [-0.3, -0.25) is 4.79 Å². The van der Waals surface area contributed by atoms with Gasteiger partial charge >= 0.3 is 0 Å². The number of aromatic nitrogens is 2. The molecule has 0 aliphatic carbocycles. The molecule has 4 nitrogen and oxygen atoms in total. The van der Waals surface area contributed by atoms with E-state index in [2.05, 4.69) is 9.97 Å². The molecule has 4 heteroatoms. The lowest BCUT2D eigenvalue weighted by Gasteiger charge is -2.02. The van der Waals surface area contributed by atoms with Crippen LogP contribution in [-0.2, 0) is 0 Å². The molecule has 0 atom stereocenters. The second-order valence-corrected chi connectivity index (χ2v) is 3.15. The van der Waals surface area contributed by atoms with Gasteiger partial charge in [0.05, 0.1) is 12.8 Å². The first-order chi connectivity index (χ1) is 7.83. The van der Waals surface area contributed by atoms with E-state index in [0.29, 0.717) is 6.29 Å². The topological polar surface area (TPSA) is 52.1 Å². The fraction of sp³-hybridized carbons (Fsp3) is 0.0833. The van der Waals surface area contributed by atoms with Gasteiger partial charge in [0.2, 0.25) is 0 Å². The fourth-order valence-electron chi connectivity index (χ4n) is 1.35. The second-order valence-electron chi connectivity index (χ2n) is 3.15. The number of carbonyl (C=O) groups is 1. The molecule has 0 radical (unpaired) electrons. The van der Waals surface area contributed by atoms with E-state index in [9.17, 15) is 4.79 Å². The largest absolute Gasteiger partial charge is 0.497 e. The fourth-order valence-corrected chi connectivity index (χ4v) is 1.35. The molecule has 0 saturated heterocycles. The number of methoxy groups -OCH3 is 1. The summed E-state index contributed by atoms with van der Waals surface area (Å²) in [5, 5.41) is 0. The van der Waals surface area contributed by atoms with Gasteiger partial charge in [-0.1, -0.05) is 0 Å². The van der Waals surface area contributed by atoms with Crippen molar-refractivity contribution in [1.82, 2.24) is 9.97 Å². The summed E-state index contributed by atoms with van der Waals surface area (Å²) in [5.41, 5.74) is 1.64. The number of benzene rings is 1. The molecule has 16 heavy (non-hydrogen) atoms. The van der Waals surface area contributed by atoms with Crippen molar-refractivity contribution < 1.29 is 9.53 Å². The molecular weight excluding hydrogens is 204 g/mol. The van der Waals surface area contributed by atoms with Gasteiger partial charge in [0.25, 0.3) is 0 Å². The first-order valence-electron chi connectivity index (χ1n) is 4.76. The monoisotopic (exact) mass is 214 g/mol. The predicted molar refractivity (Wildman–Crippen MR) is 59.4 cm³/mol. The van der Waals surface area contributed by atoms with Gasteiger partial charge in [0, 0.05) is 11.8 Å². The molecule has 1 heterocycles. The molecule has 0 fully saturated rings. The number of ether oxygens (including phenoxy) is 1. The van der Waals surface area contributed by atoms with E-state index in [1.165, 1.54) is 0 Å². The quantitative estimate of drug-likeness (QED) is 0.733. The summed E-state index contributed by atoms with van der Waals surface area (Å²) in [6.07, 6.45) is 2.20. The normalized spacial score (nSPS) is 9.81. The molecule has 1 aromatic carbocycles. The van der Waals surface area contributed by atoms with E-state index in [-0.39, 0.29) is 5.82 Å². The van der Waals surface area contributed by atoms with Crippen molar-refractivity contribution >= 4 is 6.29 Å². The Hall–Kier alpha value is -2.23. The predicted octanol–water partition coefficient (Wildman–Crippen LogP) is 1.96. The number of carbonyl (C=O) groups excluding carboxylic acids is 1. The van der Waals surface area contributed by atoms with Crippen LogP contribution in [0.5, 0.6) is 5.75 Å². The molecule has 0 aliphatic heterocycles. The highest BCUT2D eigenvalue weighted by Crippen LogP contribution is 2.19. The minimum Gasteiger partial charge on any atom is -0.497 e. The van der Waals surface area contributed by atoms with Crippen molar-refractivity contribution in [3.8, 4) is 17.0 Å². The second kappa shape index (κ2) is 4.53. The van der Waals surface area contributed by atoms with E-state index < -0.39 is 0 Å². The molecule has 0 unspecified atom stereocenters. The summed E-state index contributed by atoms with van der Waals surface area (Å²) >= 11 is 0. The van der Waals surface area contributed by atoms with E-state index in [1.807, 2.05) is 24.3 Å². The first-order valence-corrected chi connectivity index (χ1v) is 4.76. The van der Waals surface area contributed by atoms with Crippen LogP contribution in [0.2, 0.25) is 0 Å². The van der Waals surface area contributed by atoms with Crippen LogP contribution in [0.3, 0.4) is 0 Å². The lowest BCUT2D eigenvalue weighted by molar-refractivity contribution is 0.111. The number of aldehydes is 1. The van der Waals surface area contributed by atoms with E-state index in [4.69, 9.17) is 4.74 Å². The van der Waals surface area contributed by atoms with Crippen molar-refractivity contribution in [3.63, 3.8) is 0 Å². The maximum atomic E-state index is 10.5. The van der Waals surface area contributed by atoms with Crippen LogP contribution in [0.4, 0.5) is 0 Å². The Morgan fingerprint density at radius 3 is 2.56 bits per heavy atom. The van der Waals surface area contributed by atoms with E-state index in [0.717, 1.165) is 17.0 Å². The molecule has 2 rings (SSSR count). The first kappa shape index (κ1) is 10.3. The van der Waals surface area contributed by atoms with Crippen molar-refractivity contribution in [2.24, 2.45) is 0 Å². The minimum absolute atomic E-state index is 0.188. The van der Waals surface area contributed by atoms with Gasteiger partial charge < -0.3 is 4.74 Å². The highest BCUT2D eigenvalue weighted by molar-refractivity contribution is 5.71. The average molecular weight is 214 g/mol. The van der Waals surface area contributed by atoms with Crippen LogP contribution in [0, 0.1) is 0 Å². The van der Waals surface area contributed by atoms with Crippen LogP contribution in [0.15, 0.2) is 36.5 Å². The van der Waals surface area contributed by atoms with Crippen LogP contribution in [0.25, 0.3) is 11.3 Å². The molecule has 0 aliphatic rings. The maximum absolute atomic E-state index is 10.5. The van der Waals surface area contributed by atoms with Crippen LogP contribution in [-0.4, -0.2) is 23.4 Å². The minimum atomic E-state index is 0.188. The zero-order valence-electron chi connectivity index (χ0n) is 8.75. The summed E-state index contributed by atoms with van der Waals surface area (Å²) in [6, 6.07) is 9.22. The maximum Gasteiger partial charge on any atom is 0.193 e. The van der Waals surface area contributed by atoms with Gasteiger partial charge in [0.15, 0.2) is 12.1 Å². The molecule has 0 amide bonds. The lowest BCUT2D eigenvalue weighted by Crippen LogP contribution is -1.93. The molecule has 0 spiro atoms. The highest BCUT2D eigenvalue weighted by Gasteiger charge is 2.01. The summed E-state index contributed by atoms with van der Waals surface area (Å²) in [6.45, 7) is 0. The van der Waals surface area contributed by atoms with E-state index >= 15 is 0 Å². The summed E-state index contributed by atoms with van der Waals surface area (Å²) in [4.78, 5) is 18.5. The molecule has 1 aromatic heterocycles. The molecule has 80 valence electrons. The van der Waals surface area contributed by atoms with Gasteiger partial charge in [0.1, 0.15) is 5.75 Å². The number of rotatable bonds is 3. The average Bonchev–Trinajstić information content (AvgIpc) is 2.39. The Kier molecular flexibility index (Phi) is 2.91. The van der Waals surface area contributed by atoms with Crippen LogP contribution in [0.1, 0.15) is 10.6 Å². The summed E-state index contributed by atoms with van der Waals surface area (Å²) in [5.74, 6) is 0.974. The molecule has 0 saturated carbocycles. The molecule has 0 N–H and O–H groups in total. The van der Waals surface area contributed by atoms with E-state index in [1.54, 1.807) is 19.4 Å².